The van der Waals surface area contributed by atoms with Crippen molar-refractivity contribution in [3.8, 4) is 0 Å². The predicted molar refractivity (Wildman–Crippen MR) is 58.9 cm³/mol. The molecule has 78 valence electrons. The molecule has 1 aliphatic rings. The summed E-state index contributed by atoms with van der Waals surface area (Å²) in [4.78, 5) is 2.74. The van der Waals surface area contributed by atoms with Gasteiger partial charge in [-0.25, -0.2) is 0 Å². The second-order valence-corrected chi connectivity index (χ2v) is 4.99. The number of likely N-dealkylation sites (tertiary alicyclic amines) is 1. The van der Waals surface area contributed by atoms with Gasteiger partial charge in [-0.3, -0.25) is 4.90 Å². The first-order valence-electron chi connectivity index (χ1n) is 5.85. The molecule has 1 heteroatoms. The molecule has 0 aliphatic carbocycles. The zero-order valence-corrected chi connectivity index (χ0v) is 9.88. The molecule has 13 heavy (non-hydrogen) atoms. The van der Waals surface area contributed by atoms with Crippen LogP contribution in [0.3, 0.4) is 0 Å². The molecule has 0 aromatic carbocycles. The van der Waals surface area contributed by atoms with Gasteiger partial charge in [0.1, 0.15) is 0 Å². The summed E-state index contributed by atoms with van der Waals surface area (Å²) in [5.74, 6) is 0.818. The molecule has 1 aliphatic heterocycles. The first kappa shape index (κ1) is 11.0. The summed E-state index contributed by atoms with van der Waals surface area (Å²) in [7, 11) is 0. The molecule has 0 N–H and O–H groups in total. The maximum atomic E-state index is 2.74. The molecule has 0 amide bonds. The fourth-order valence-electron chi connectivity index (χ4n) is 2.83. The van der Waals surface area contributed by atoms with Crippen LogP contribution in [0.25, 0.3) is 0 Å². The molecule has 0 aromatic heterocycles. The van der Waals surface area contributed by atoms with E-state index in [1.165, 1.54) is 19.3 Å². The van der Waals surface area contributed by atoms with E-state index in [4.69, 9.17) is 0 Å². The monoisotopic (exact) mass is 183 g/mol. The van der Waals surface area contributed by atoms with Crippen molar-refractivity contribution in [3.63, 3.8) is 0 Å². The second-order valence-electron chi connectivity index (χ2n) is 4.99. The van der Waals surface area contributed by atoms with Crippen molar-refractivity contribution >= 4 is 0 Å². The average Bonchev–Trinajstić information content (AvgIpc) is 2.46. The van der Waals surface area contributed by atoms with Crippen LogP contribution in [0.1, 0.15) is 53.9 Å². The molecule has 1 nitrogen and oxygen atoms in total. The topological polar surface area (TPSA) is 3.24 Å². The summed E-state index contributed by atoms with van der Waals surface area (Å²) in [5.41, 5.74) is 0. The van der Waals surface area contributed by atoms with Crippen LogP contribution < -0.4 is 0 Å². The Morgan fingerprint density at radius 3 is 2.15 bits per heavy atom. The molecule has 0 spiro atoms. The third kappa shape index (κ3) is 2.25. The van der Waals surface area contributed by atoms with E-state index in [1.54, 1.807) is 0 Å². The van der Waals surface area contributed by atoms with Crippen molar-refractivity contribution in [3.05, 3.63) is 0 Å². The molecular weight excluding hydrogens is 158 g/mol. The highest BCUT2D eigenvalue weighted by Crippen LogP contribution is 2.32. The summed E-state index contributed by atoms with van der Waals surface area (Å²) in [6.45, 7) is 11.7. The van der Waals surface area contributed by atoms with Crippen molar-refractivity contribution in [2.75, 3.05) is 0 Å². The number of hydrogen-bond donors (Lipinski definition) is 0. The van der Waals surface area contributed by atoms with Crippen LogP contribution in [-0.2, 0) is 0 Å². The zero-order chi connectivity index (χ0) is 10.0. The molecule has 1 fully saturated rings. The Morgan fingerprint density at radius 2 is 1.77 bits per heavy atom. The van der Waals surface area contributed by atoms with Crippen molar-refractivity contribution in [1.82, 2.24) is 4.90 Å². The molecule has 0 aromatic rings. The van der Waals surface area contributed by atoms with Gasteiger partial charge in [0.15, 0.2) is 0 Å². The Bertz CT molecular complexity index is 151. The lowest BCUT2D eigenvalue weighted by molar-refractivity contribution is 0.117. The first-order valence-corrected chi connectivity index (χ1v) is 5.85. The van der Waals surface area contributed by atoms with Gasteiger partial charge in [0, 0.05) is 18.1 Å². The fraction of sp³-hybridized carbons (Fsp3) is 1.00. The maximum Gasteiger partial charge on any atom is 0.0124 e. The number of nitrogens with zero attached hydrogens (tertiary/aromatic N) is 1. The zero-order valence-electron chi connectivity index (χ0n) is 9.88. The lowest BCUT2D eigenvalue weighted by atomic mass is 10.0. The second kappa shape index (κ2) is 4.45. The molecule has 0 unspecified atom stereocenters. The summed E-state index contributed by atoms with van der Waals surface area (Å²) in [6, 6.07) is 2.41. The van der Waals surface area contributed by atoms with Gasteiger partial charge in [0.25, 0.3) is 0 Å². The molecule has 0 saturated carbocycles. The third-order valence-corrected chi connectivity index (χ3v) is 3.44. The Labute approximate surface area is 83.5 Å². The van der Waals surface area contributed by atoms with E-state index in [0.717, 1.165) is 24.0 Å². The summed E-state index contributed by atoms with van der Waals surface area (Å²) < 4.78 is 0. The summed E-state index contributed by atoms with van der Waals surface area (Å²) in [5, 5.41) is 0. The smallest absolute Gasteiger partial charge is 0.0124 e. The highest BCUT2D eigenvalue weighted by molar-refractivity contribution is 4.90. The molecule has 1 rings (SSSR count). The van der Waals surface area contributed by atoms with Crippen molar-refractivity contribution in [1.29, 1.82) is 0 Å². The molecule has 2 atom stereocenters. The van der Waals surface area contributed by atoms with Gasteiger partial charge in [-0.2, -0.15) is 0 Å². The minimum Gasteiger partial charge on any atom is -0.295 e. The van der Waals surface area contributed by atoms with Gasteiger partial charge in [0.05, 0.1) is 0 Å². The molecule has 1 heterocycles. The molecule has 1 saturated heterocycles. The molecular formula is C12H25N. The summed E-state index contributed by atoms with van der Waals surface area (Å²) in [6.07, 6.45) is 4.15. The highest BCUT2D eigenvalue weighted by Gasteiger charge is 2.35. The molecule has 0 radical (unpaired) electrons. The maximum absolute atomic E-state index is 2.74. The third-order valence-electron chi connectivity index (χ3n) is 3.44. The molecule has 0 bridgehead atoms. The van der Waals surface area contributed by atoms with Gasteiger partial charge >= 0.3 is 0 Å². The lowest BCUT2D eigenvalue weighted by Crippen LogP contribution is -2.43. The van der Waals surface area contributed by atoms with Gasteiger partial charge in [0.2, 0.25) is 0 Å². The highest BCUT2D eigenvalue weighted by atomic mass is 15.2. The summed E-state index contributed by atoms with van der Waals surface area (Å²) >= 11 is 0. The van der Waals surface area contributed by atoms with E-state index in [-0.39, 0.29) is 0 Å². The van der Waals surface area contributed by atoms with Gasteiger partial charge < -0.3 is 0 Å². The van der Waals surface area contributed by atoms with Crippen LogP contribution in [0.4, 0.5) is 0 Å². The van der Waals surface area contributed by atoms with Crippen LogP contribution in [0.5, 0.6) is 0 Å². The Hall–Kier alpha value is -0.0400. The number of hydrogen-bond acceptors (Lipinski definition) is 1. The van der Waals surface area contributed by atoms with Crippen LogP contribution in [0.2, 0.25) is 0 Å². The van der Waals surface area contributed by atoms with E-state index >= 15 is 0 Å². The van der Waals surface area contributed by atoms with Crippen molar-refractivity contribution < 1.29 is 0 Å². The Morgan fingerprint density at radius 1 is 1.15 bits per heavy atom. The van der Waals surface area contributed by atoms with Gasteiger partial charge in [-0.15, -0.1) is 0 Å². The van der Waals surface area contributed by atoms with Gasteiger partial charge in [-0.1, -0.05) is 20.8 Å². The largest absolute Gasteiger partial charge is 0.295 e. The van der Waals surface area contributed by atoms with Crippen LogP contribution in [-0.4, -0.2) is 23.0 Å². The standard InChI is InChI=1S/C12H25N/c1-6-11-7-8-12(9(2)3)13(11)10(4)5/h9-12H,6-8H2,1-5H3/t11-,12-/m1/s1. The van der Waals surface area contributed by atoms with E-state index in [9.17, 15) is 0 Å². The minimum atomic E-state index is 0.722. The quantitative estimate of drug-likeness (QED) is 0.649. The SMILES string of the molecule is CC[C@@H]1CC[C@H](C(C)C)N1C(C)C. The van der Waals surface area contributed by atoms with E-state index < -0.39 is 0 Å². The Balaban J connectivity index is 2.67. The van der Waals surface area contributed by atoms with Crippen LogP contribution in [0.15, 0.2) is 0 Å². The first-order chi connectivity index (χ1) is 6.07. The van der Waals surface area contributed by atoms with Crippen molar-refractivity contribution in [2.45, 2.75) is 72.0 Å². The fourth-order valence-corrected chi connectivity index (χ4v) is 2.83. The van der Waals surface area contributed by atoms with E-state index in [0.29, 0.717) is 0 Å². The van der Waals surface area contributed by atoms with Crippen LogP contribution in [0, 0.1) is 5.92 Å². The average molecular weight is 183 g/mol. The normalized spacial score (nSPS) is 30.7. The van der Waals surface area contributed by atoms with Crippen molar-refractivity contribution in [2.24, 2.45) is 5.92 Å². The Kier molecular flexibility index (Phi) is 3.78. The van der Waals surface area contributed by atoms with E-state index in [1.807, 2.05) is 0 Å². The van der Waals surface area contributed by atoms with Gasteiger partial charge in [-0.05, 0) is 39.0 Å². The minimum absolute atomic E-state index is 0.722. The number of rotatable bonds is 3. The van der Waals surface area contributed by atoms with Crippen LogP contribution >= 0.6 is 0 Å². The predicted octanol–water partition coefficient (Wildman–Crippen LogP) is 3.29. The lowest BCUT2D eigenvalue weighted by Gasteiger charge is -2.35. The van der Waals surface area contributed by atoms with E-state index in [2.05, 4.69) is 39.5 Å².